The first-order chi connectivity index (χ1) is 4.60. The fourth-order valence-electron chi connectivity index (χ4n) is 0.609. The summed E-state index contributed by atoms with van der Waals surface area (Å²) in [6.45, 7) is -0.0787. The molecule has 0 aliphatic carbocycles. The second-order valence-electron chi connectivity index (χ2n) is 1.95. The summed E-state index contributed by atoms with van der Waals surface area (Å²) in [5, 5.41) is 0. The van der Waals surface area contributed by atoms with Crippen molar-refractivity contribution in [2.75, 3.05) is 12.4 Å². The van der Waals surface area contributed by atoms with Gasteiger partial charge in [-0.05, 0) is 6.08 Å². The molecule has 0 aromatic rings. The number of hydrogen-bond acceptors (Lipinski definition) is 3. The Labute approximate surface area is 58.6 Å². The Bertz CT molecular complexity index is 242. The second kappa shape index (κ2) is 2.67. The van der Waals surface area contributed by atoms with Crippen molar-refractivity contribution in [3.05, 3.63) is 11.9 Å². The molecular weight excluding hydrogens is 159 g/mol. The van der Waals surface area contributed by atoms with E-state index in [2.05, 4.69) is 4.18 Å². The minimum absolute atomic E-state index is 0.0548. The van der Waals surface area contributed by atoms with Crippen LogP contribution < -0.4 is 0 Å². The fraction of sp³-hybridized carbons (Fsp3) is 0.600. The largest absolute Gasteiger partial charge is 0.271 e. The summed E-state index contributed by atoms with van der Waals surface area (Å²) in [6, 6.07) is 0. The van der Waals surface area contributed by atoms with Crippen LogP contribution in [-0.2, 0) is 14.3 Å². The summed E-state index contributed by atoms with van der Waals surface area (Å²) in [6.07, 6.45) is 1.08. The van der Waals surface area contributed by atoms with Crippen LogP contribution in [0, 0.1) is 0 Å². The second-order valence-corrected chi connectivity index (χ2v) is 3.63. The van der Waals surface area contributed by atoms with E-state index in [0.717, 1.165) is 6.08 Å². The zero-order chi connectivity index (χ0) is 7.61. The molecule has 0 spiro atoms. The SMILES string of the molecule is O=S1(=O)CC=C(F)CCO1. The van der Waals surface area contributed by atoms with Gasteiger partial charge >= 0.3 is 0 Å². The highest BCUT2D eigenvalue weighted by molar-refractivity contribution is 7.86. The number of halogens is 1. The Morgan fingerprint density at radius 3 is 3.00 bits per heavy atom. The van der Waals surface area contributed by atoms with Crippen LogP contribution in [0.15, 0.2) is 11.9 Å². The quantitative estimate of drug-likeness (QED) is 0.495. The van der Waals surface area contributed by atoms with E-state index in [4.69, 9.17) is 0 Å². The molecule has 1 aliphatic heterocycles. The lowest BCUT2D eigenvalue weighted by atomic mass is 10.4. The summed E-state index contributed by atoms with van der Waals surface area (Å²) in [7, 11) is -3.47. The van der Waals surface area contributed by atoms with E-state index in [0.29, 0.717) is 0 Å². The van der Waals surface area contributed by atoms with Crippen molar-refractivity contribution < 1.29 is 17.0 Å². The molecule has 0 atom stereocenters. The molecule has 0 amide bonds. The van der Waals surface area contributed by atoms with Gasteiger partial charge in [0.05, 0.1) is 18.2 Å². The van der Waals surface area contributed by atoms with Crippen LogP contribution in [-0.4, -0.2) is 20.8 Å². The summed E-state index contributed by atoms with van der Waals surface area (Å²) in [4.78, 5) is 0. The molecule has 5 heteroatoms. The third kappa shape index (κ3) is 2.07. The van der Waals surface area contributed by atoms with Gasteiger partial charge in [0.15, 0.2) is 0 Å². The van der Waals surface area contributed by atoms with Gasteiger partial charge in [-0.15, -0.1) is 0 Å². The van der Waals surface area contributed by atoms with Gasteiger partial charge in [-0.3, -0.25) is 4.18 Å². The van der Waals surface area contributed by atoms with Gasteiger partial charge < -0.3 is 0 Å². The summed E-state index contributed by atoms with van der Waals surface area (Å²) in [5.74, 6) is -0.764. The van der Waals surface area contributed by atoms with Crippen LogP contribution in [0.2, 0.25) is 0 Å². The van der Waals surface area contributed by atoms with Crippen LogP contribution in [0.3, 0.4) is 0 Å². The average Bonchev–Trinajstić information content (AvgIpc) is 1.94. The van der Waals surface area contributed by atoms with E-state index < -0.39 is 15.9 Å². The first kappa shape index (κ1) is 7.68. The van der Waals surface area contributed by atoms with Gasteiger partial charge in [0.1, 0.15) is 0 Å². The van der Waals surface area contributed by atoms with Crippen molar-refractivity contribution in [2.45, 2.75) is 6.42 Å². The van der Waals surface area contributed by atoms with E-state index in [1.54, 1.807) is 0 Å². The Hall–Kier alpha value is -0.420. The normalized spacial score (nSPS) is 25.1. The molecule has 1 aliphatic rings. The molecule has 0 radical (unpaired) electrons. The van der Waals surface area contributed by atoms with E-state index >= 15 is 0 Å². The third-order valence-electron chi connectivity index (χ3n) is 1.11. The molecule has 0 unspecified atom stereocenters. The van der Waals surface area contributed by atoms with E-state index in [1.807, 2.05) is 0 Å². The van der Waals surface area contributed by atoms with Crippen LogP contribution in [0.5, 0.6) is 0 Å². The van der Waals surface area contributed by atoms with Crippen molar-refractivity contribution in [1.29, 1.82) is 0 Å². The van der Waals surface area contributed by atoms with E-state index in [9.17, 15) is 12.8 Å². The van der Waals surface area contributed by atoms with Gasteiger partial charge in [0.25, 0.3) is 10.1 Å². The molecule has 1 heterocycles. The highest BCUT2D eigenvalue weighted by Gasteiger charge is 2.13. The Kier molecular flexibility index (Phi) is 2.05. The van der Waals surface area contributed by atoms with Crippen LogP contribution >= 0.6 is 0 Å². The molecule has 0 aromatic heterocycles. The molecule has 0 saturated heterocycles. The minimum atomic E-state index is -3.47. The Morgan fingerprint density at radius 2 is 2.30 bits per heavy atom. The van der Waals surface area contributed by atoms with Crippen LogP contribution in [0.25, 0.3) is 0 Å². The van der Waals surface area contributed by atoms with Gasteiger partial charge in [0, 0.05) is 6.42 Å². The van der Waals surface area contributed by atoms with E-state index in [1.165, 1.54) is 0 Å². The van der Waals surface area contributed by atoms with Crippen molar-refractivity contribution >= 4 is 10.1 Å². The average molecular weight is 166 g/mol. The van der Waals surface area contributed by atoms with Gasteiger partial charge in [-0.2, -0.15) is 8.42 Å². The lowest BCUT2D eigenvalue weighted by Gasteiger charge is -1.95. The highest BCUT2D eigenvalue weighted by Crippen LogP contribution is 2.10. The minimum Gasteiger partial charge on any atom is -0.269 e. The van der Waals surface area contributed by atoms with Crippen molar-refractivity contribution in [3.8, 4) is 0 Å². The summed E-state index contributed by atoms with van der Waals surface area (Å²) in [5.41, 5.74) is 0. The lowest BCUT2D eigenvalue weighted by molar-refractivity contribution is 0.318. The number of hydrogen-bond donors (Lipinski definition) is 0. The zero-order valence-electron chi connectivity index (χ0n) is 5.21. The van der Waals surface area contributed by atoms with Gasteiger partial charge in [-0.1, -0.05) is 0 Å². The predicted octanol–water partition coefficient (Wildman–Crippen LogP) is 0.590. The first-order valence-corrected chi connectivity index (χ1v) is 4.39. The van der Waals surface area contributed by atoms with Crippen molar-refractivity contribution in [2.24, 2.45) is 0 Å². The maximum Gasteiger partial charge on any atom is 0.271 e. The highest BCUT2D eigenvalue weighted by atomic mass is 32.2. The maximum absolute atomic E-state index is 12.3. The van der Waals surface area contributed by atoms with E-state index in [-0.39, 0.29) is 18.8 Å². The van der Waals surface area contributed by atoms with Crippen molar-refractivity contribution in [3.63, 3.8) is 0 Å². The molecule has 1 rings (SSSR count). The fourth-order valence-corrected chi connectivity index (χ4v) is 1.43. The summed E-state index contributed by atoms with van der Waals surface area (Å²) < 4.78 is 37.8. The Morgan fingerprint density at radius 1 is 1.60 bits per heavy atom. The van der Waals surface area contributed by atoms with Gasteiger partial charge in [-0.25, -0.2) is 4.39 Å². The molecule has 58 valence electrons. The molecular formula is C5H7FO3S. The zero-order valence-corrected chi connectivity index (χ0v) is 6.03. The van der Waals surface area contributed by atoms with Gasteiger partial charge in [0.2, 0.25) is 0 Å². The van der Waals surface area contributed by atoms with Crippen molar-refractivity contribution in [1.82, 2.24) is 0 Å². The maximum atomic E-state index is 12.3. The molecule has 0 saturated carbocycles. The lowest BCUT2D eigenvalue weighted by Crippen LogP contribution is -2.06. The predicted molar refractivity (Wildman–Crippen MR) is 33.5 cm³/mol. The molecule has 3 nitrogen and oxygen atoms in total. The first-order valence-electron chi connectivity index (χ1n) is 2.82. The summed E-state index contributed by atoms with van der Waals surface area (Å²) >= 11 is 0. The van der Waals surface area contributed by atoms with Crippen LogP contribution in [0.1, 0.15) is 6.42 Å². The number of rotatable bonds is 0. The molecule has 0 bridgehead atoms. The topological polar surface area (TPSA) is 43.4 Å². The monoisotopic (exact) mass is 166 g/mol. The molecule has 0 fully saturated rings. The third-order valence-corrected chi connectivity index (χ3v) is 2.21. The Balaban J connectivity index is 2.76. The molecule has 10 heavy (non-hydrogen) atoms. The molecule has 0 aromatic carbocycles. The molecule has 0 N–H and O–H groups in total. The standard InChI is InChI=1S/C5H7FO3S/c6-5-1-3-9-10(7,8)4-2-5/h2H,1,3-4H2. The van der Waals surface area contributed by atoms with Crippen LogP contribution in [0.4, 0.5) is 4.39 Å². The smallest absolute Gasteiger partial charge is 0.269 e.